The molecule has 1 aromatic carbocycles. The molecule has 0 radical (unpaired) electrons. The molecule has 2 unspecified atom stereocenters. The van der Waals surface area contributed by atoms with Gasteiger partial charge in [-0.25, -0.2) is 4.79 Å². The molecule has 1 N–H and O–H groups in total. The summed E-state index contributed by atoms with van der Waals surface area (Å²) in [5.41, 5.74) is 1.25. The van der Waals surface area contributed by atoms with Gasteiger partial charge in [-0.1, -0.05) is 44.2 Å². The second kappa shape index (κ2) is 7.46. The lowest BCUT2D eigenvalue weighted by Gasteiger charge is -2.41. The minimum Gasteiger partial charge on any atom is -0.450 e. The van der Waals surface area contributed by atoms with Gasteiger partial charge < -0.3 is 15.0 Å². The lowest BCUT2D eigenvalue weighted by Crippen LogP contribution is -2.60. The SMILES string of the molecule is CCOC(=O)N1CC(C(C)C)NCC1Cc1ccccc1. The maximum atomic E-state index is 12.2. The molecular weight excluding hydrogens is 264 g/mol. The van der Waals surface area contributed by atoms with Crippen LogP contribution in [-0.2, 0) is 11.2 Å². The van der Waals surface area contributed by atoms with E-state index in [0.717, 1.165) is 13.0 Å². The van der Waals surface area contributed by atoms with E-state index in [9.17, 15) is 4.79 Å². The normalized spacial score (nSPS) is 22.4. The molecule has 1 aliphatic rings. The van der Waals surface area contributed by atoms with Gasteiger partial charge in [0.15, 0.2) is 0 Å². The zero-order chi connectivity index (χ0) is 15.2. The van der Waals surface area contributed by atoms with E-state index in [-0.39, 0.29) is 12.1 Å². The minimum atomic E-state index is -0.189. The Hall–Kier alpha value is -1.55. The predicted octanol–water partition coefficient (Wildman–Crippen LogP) is 2.68. The molecule has 1 amide bonds. The number of benzene rings is 1. The Morgan fingerprint density at radius 1 is 1.38 bits per heavy atom. The Morgan fingerprint density at radius 2 is 2.10 bits per heavy atom. The van der Waals surface area contributed by atoms with Gasteiger partial charge in [0.1, 0.15) is 0 Å². The van der Waals surface area contributed by atoms with Crippen molar-refractivity contribution in [2.24, 2.45) is 5.92 Å². The summed E-state index contributed by atoms with van der Waals surface area (Å²) in [4.78, 5) is 14.1. The summed E-state index contributed by atoms with van der Waals surface area (Å²) in [6, 6.07) is 10.8. The topological polar surface area (TPSA) is 41.6 Å². The first-order chi connectivity index (χ1) is 10.1. The van der Waals surface area contributed by atoms with Crippen molar-refractivity contribution in [2.45, 2.75) is 39.3 Å². The van der Waals surface area contributed by atoms with Crippen LogP contribution in [0.15, 0.2) is 30.3 Å². The predicted molar refractivity (Wildman–Crippen MR) is 84.3 cm³/mol. The molecule has 2 rings (SSSR count). The fourth-order valence-electron chi connectivity index (χ4n) is 2.77. The number of carbonyl (C=O) groups excluding carboxylic acids is 1. The van der Waals surface area contributed by atoms with Gasteiger partial charge in [-0.15, -0.1) is 0 Å². The summed E-state index contributed by atoms with van der Waals surface area (Å²) in [7, 11) is 0. The van der Waals surface area contributed by atoms with E-state index < -0.39 is 0 Å². The van der Waals surface area contributed by atoms with Crippen molar-refractivity contribution in [3.8, 4) is 0 Å². The van der Waals surface area contributed by atoms with E-state index in [2.05, 4.69) is 31.3 Å². The highest BCUT2D eigenvalue weighted by molar-refractivity contribution is 5.68. The highest BCUT2D eigenvalue weighted by Gasteiger charge is 2.33. The van der Waals surface area contributed by atoms with Crippen LogP contribution < -0.4 is 5.32 Å². The molecule has 0 bridgehead atoms. The molecule has 0 aliphatic carbocycles. The zero-order valence-corrected chi connectivity index (χ0v) is 13.2. The van der Waals surface area contributed by atoms with E-state index in [0.29, 0.717) is 25.1 Å². The molecule has 0 spiro atoms. The molecule has 1 fully saturated rings. The molecule has 0 aromatic heterocycles. The smallest absolute Gasteiger partial charge is 0.410 e. The van der Waals surface area contributed by atoms with Crippen LogP contribution in [0.3, 0.4) is 0 Å². The minimum absolute atomic E-state index is 0.154. The van der Waals surface area contributed by atoms with Crippen LogP contribution in [0.2, 0.25) is 0 Å². The molecule has 116 valence electrons. The molecule has 1 saturated heterocycles. The summed E-state index contributed by atoms with van der Waals surface area (Å²) >= 11 is 0. The third kappa shape index (κ3) is 4.21. The van der Waals surface area contributed by atoms with Gasteiger partial charge >= 0.3 is 6.09 Å². The molecule has 1 aliphatic heterocycles. The monoisotopic (exact) mass is 290 g/mol. The standard InChI is InChI=1S/C17H26N2O2/c1-4-21-17(20)19-12-16(13(2)3)18-11-15(19)10-14-8-6-5-7-9-14/h5-9,13,15-16,18H,4,10-12H2,1-3H3. The summed E-state index contributed by atoms with van der Waals surface area (Å²) in [6.07, 6.45) is 0.669. The lowest BCUT2D eigenvalue weighted by molar-refractivity contribution is 0.0655. The number of amides is 1. The van der Waals surface area contributed by atoms with Crippen LogP contribution >= 0.6 is 0 Å². The maximum absolute atomic E-state index is 12.2. The largest absolute Gasteiger partial charge is 0.450 e. The first-order valence-corrected chi connectivity index (χ1v) is 7.82. The van der Waals surface area contributed by atoms with E-state index >= 15 is 0 Å². The molecule has 4 nitrogen and oxygen atoms in total. The van der Waals surface area contributed by atoms with Crippen molar-refractivity contribution < 1.29 is 9.53 Å². The molecule has 0 saturated carbocycles. The Morgan fingerprint density at radius 3 is 2.71 bits per heavy atom. The average molecular weight is 290 g/mol. The van der Waals surface area contributed by atoms with E-state index in [4.69, 9.17) is 4.74 Å². The second-order valence-corrected chi connectivity index (χ2v) is 5.95. The van der Waals surface area contributed by atoms with Crippen LogP contribution in [-0.4, -0.2) is 42.8 Å². The van der Waals surface area contributed by atoms with Crippen LogP contribution in [0.4, 0.5) is 4.79 Å². The fourth-order valence-corrected chi connectivity index (χ4v) is 2.77. The van der Waals surface area contributed by atoms with Gasteiger partial charge in [-0.3, -0.25) is 0 Å². The van der Waals surface area contributed by atoms with E-state index in [1.165, 1.54) is 5.56 Å². The van der Waals surface area contributed by atoms with Crippen molar-refractivity contribution in [3.05, 3.63) is 35.9 Å². The van der Waals surface area contributed by atoms with Gasteiger partial charge in [-0.2, -0.15) is 0 Å². The number of hydrogen-bond acceptors (Lipinski definition) is 3. The van der Waals surface area contributed by atoms with Crippen LogP contribution in [0, 0.1) is 5.92 Å². The number of hydrogen-bond donors (Lipinski definition) is 1. The third-order valence-electron chi connectivity index (χ3n) is 4.07. The van der Waals surface area contributed by atoms with Gasteiger partial charge in [0.25, 0.3) is 0 Å². The van der Waals surface area contributed by atoms with Gasteiger partial charge in [-0.05, 0) is 24.8 Å². The molecular formula is C17H26N2O2. The molecule has 21 heavy (non-hydrogen) atoms. The fraction of sp³-hybridized carbons (Fsp3) is 0.588. The van der Waals surface area contributed by atoms with Crippen molar-refractivity contribution in [3.63, 3.8) is 0 Å². The van der Waals surface area contributed by atoms with Gasteiger partial charge in [0, 0.05) is 19.1 Å². The molecule has 1 aromatic rings. The Bertz CT molecular complexity index is 447. The van der Waals surface area contributed by atoms with E-state index in [1.54, 1.807) is 0 Å². The number of carbonyl (C=O) groups is 1. The molecule has 2 atom stereocenters. The first-order valence-electron chi connectivity index (χ1n) is 7.82. The van der Waals surface area contributed by atoms with Crippen molar-refractivity contribution in [1.29, 1.82) is 0 Å². The number of nitrogens with one attached hydrogen (secondary N) is 1. The average Bonchev–Trinajstić information content (AvgIpc) is 2.48. The van der Waals surface area contributed by atoms with Crippen molar-refractivity contribution >= 4 is 6.09 Å². The quantitative estimate of drug-likeness (QED) is 0.927. The Labute approximate surface area is 127 Å². The van der Waals surface area contributed by atoms with Crippen LogP contribution in [0.1, 0.15) is 26.3 Å². The van der Waals surface area contributed by atoms with Crippen molar-refractivity contribution in [2.75, 3.05) is 19.7 Å². The van der Waals surface area contributed by atoms with Crippen LogP contribution in [0.5, 0.6) is 0 Å². The van der Waals surface area contributed by atoms with Crippen molar-refractivity contribution in [1.82, 2.24) is 10.2 Å². The number of ether oxygens (including phenoxy) is 1. The van der Waals surface area contributed by atoms with Crippen LogP contribution in [0.25, 0.3) is 0 Å². The van der Waals surface area contributed by atoms with E-state index in [1.807, 2.05) is 30.0 Å². The number of piperazine rings is 1. The molecule has 4 heteroatoms. The molecule has 1 heterocycles. The lowest BCUT2D eigenvalue weighted by atomic mass is 9.96. The Balaban J connectivity index is 2.08. The Kier molecular flexibility index (Phi) is 5.62. The second-order valence-electron chi connectivity index (χ2n) is 5.95. The summed E-state index contributed by atoms with van der Waals surface area (Å²) in [6.45, 7) is 8.17. The summed E-state index contributed by atoms with van der Waals surface area (Å²) in [5.74, 6) is 0.500. The highest BCUT2D eigenvalue weighted by atomic mass is 16.6. The maximum Gasteiger partial charge on any atom is 0.410 e. The zero-order valence-electron chi connectivity index (χ0n) is 13.2. The third-order valence-corrected chi connectivity index (χ3v) is 4.07. The highest BCUT2D eigenvalue weighted by Crippen LogP contribution is 2.17. The van der Waals surface area contributed by atoms with Gasteiger partial charge in [0.2, 0.25) is 0 Å². The number of nitrogens with zero attached hydrogens (tertiary/aromatic N) is 1. The first kappa shape index (κ1) is 15.8. The summed E-state index contributed by atoms with van der Waals surface area (Å²) < 4.78 is 5.24. The number of rotatable bonds is 4. The van der Waals surface area contributed by atoms with Gasteiger partial charge in [0.05, 0.1) is 12.6 Å². The summed E-state index contributed by atoms with van der Waals surface area (Å²) in [5, 5.41) is 3.57.